The second kappa shape index (κ2) is 6.57. The molecule has 0 aliphatic carbocycles. The van der Waals surface area contributed by atoms with Crippen molar-refractivity contribution in [2.24, 2.45) is 0 Å². The summed E-state index contributed by atoms with van der Waals surface area (Å²) >= 11 is 0. The third kappa shape index (κ3) is 3.45. The van der Waals surface area contributed by atoms with E-state index in [2.05, 4.69) is 70.3 Å². The van der Waals surface area contributed by atoms with E-state index in [1.807, 2.05) is 7.05 Å². The lowest BCUT2D eigenvalue weighted by Crippen LogP contribution is -2.41. The fraction of sp³-hybridized carbons (Fsp3) is 0.556. The number of aryl methyl sites for hydroxylation is 1. The molecule has 1 aromatic rings. The van der Waals surface area contributed by atoms with Crippen LogP contribution in [0.2, 0.25) is 0 Å². The van der Waals surface area contributed by atoms with Gasteiger partial charge in [0.25, 0.3) is 0 Å². The maximum atomic E-state index is 6.19. The maximum Gasteiger partial charge on any atom is 0.491 e. The first-order valence-electron chi connectivity index (χ1n) is 8.09. The molecule has 1 aliphatic heterocycles. The van der Waals surface area contributed by atoms with E-state index in [0.29, 0.717) is 0 Å². The monoisotopic (exact) mass is 301 g/mol. The fourth-order valence-corrected chi connectivity index (χ4v) is 2.60. The van der Waals surface area contributed by atoms with E-state index in [0.717, 1.165) is 18.4 Å². The molecule has 0 amide bonds. The summed E-state index contributed by atoms with van der Waals surface area (Å²) in [5.41, 5.74) is 3.09. The third-order valence-electron chi connectivity index (χ3n) is 4.71. The lowest BCUT2D eigenvalue weighted by atomic mass is 9.76. The lowest BCUT2D eigenvalue weighted by molar-refractivity contribution is 0.00578. The Morgan fingerprint density at radius 2 is 1.73 bits per heavy atom. The normalized spacial score (nSPS) is 20.5. The van der Waals surface area contributed by atoms with Crippen molar-refractivity contribution < 1.29 is 9.31 Å². The van der Waals surface area contributed by atoms with Crippen LogP contribution in [0.1, 0.15) is 45.7 Å². The van der Waals surface area contributed by atoms with Gasteiger partial charge >= 0.3 is 7.12 Å². The first kappa shape index (κ1) is 17.3. The van der Waals surface area contributed by atoms with E-state index in [9.17, 15) is 0 Å². The highest BCUT2D eigenvalue weighted by Crippen LogP contribution is 2.38. The van der Waals surface area contributed by atoms with Gasteiger partial charge in [0.05, 0.1) is 11.2 Å². The fourth-order valence-electron chi connectivity index (χ4n) is 2.60. The molecular weight excluding hydrogens is 273 g/mol. The van der Waals surface area contributed by atoms with E-state index >= 15 is 0 Å². The van der Waals surface area contributed by atoms with E-state index in [1.54, 1.807) is 0 Å². The van der Waals surface area contributed by atoms with Gasteiger partial charge in [-0.15, -0.1) is 0 Å². The highest BCUT2D eigenvalue weighted by Gasteiger charge is 2.52. The van der Waals surface area contributed by atoms with Crippen LogP contribution in [-0.4, -0.2) is 31.9 Å². The quantitative estimate of drug-likeness (QED) is 0.845. The van der Waals surface area contributed by atoms with Crippen molar-refractivity contribution in [3.63, 3.8) is 0 Å². The minimum absolute atomic E-state index is 0.303. The predicted molar refractivity (Wildman–Crippen MR) is 93.8 cm³/mol. The molecule has 120 valence electrons. The molecular formula is C18H28BNO2. The minimum atomic E-state index is -0.311. The average Bonchev–Trinajstić information content (AvgIpc) is 2.67. The van der Waals surface area contributed by atoms with Gasteiger partial charge in [0.2, 0.25) is 0 Å². The minimum Gasteiger partial charge on any atom is -0.400 e. The van der Waals surface area contributed by atoms with Crippen LogP contribution in [0.5, 0.6) is 0 Å². The molecule has 1 saturated heterocycles. The molecule has 0 bridgehead atoms. The van der Waals surface area contributed by atoms with E-state index in [-0.39, 0.29) is 18.3 Å². The molecule has 0 aromatic heterocycles. The summed E-state index contributed by atoms with van der Waals surface area (Å²) in [6, 6.07) is 8.49. The highest BCUT2D eigenvalue weighted by molar-refractivity contribution is 6.55. The van der Waals surface area contributed by atoms with Crippen molar-refractivity contribution in [1.29, 1.82) is 0 Å². The maximum absolute atomic E-state index is 6.19. The number of hydrogen-bond donors (Lipinski definition) is 1. The molecule has 22 heavy (non-hydrogen) atoms. The largest absolute Gasteiger partial charge is 0.491 e. The first-order valence-corrected chi connectivity index (χ1v) is 8.09. The lowest BCUT2D eigenvalue weighted by Gasteiger charge is -2.32. The summed E-state index contributed by atoms with van der Waals surface area (Å²) in [6.45, 7) is 11.3. The molecule has 1 N–H and O–H groups in total. The van der Waals surface area contributed by atoms with Crippen molar-refractivity contribution in [1.82, 2.24) is 5.32 Å². The summed E-state index contributed by atoms with van der Waals surface area (Å²) < 4.78 is 12.4. The van der Waals surface area contributed by atoms with Crippen LogP contribution in [0.4, 0.5) is 0 Å². The highest BCUT2D eigenvalue weighted by atomic mass is 16.7. The van der Waals surface area contributed by atoms with E-state index in [1.165, 1.54) is 11.1 Å². The van der Waals surface area contributed by atoms with Crippen LogP contribution >= 0.6 is 0 Å². The van der Waals surface area contributed by atoms with Gasteiger partial charge in [-0.3, -0.25) is 0 Å². The van der Waals surface area contributed by atoms with Crippen LogP contribution in [0.15, 0.2) is 29.7 Å². The zero-order valence-electron chi connectivity index (χ0n) is 14.7. The van der Waals surface area contributed by atoms with Gasteiger partial charge in [-0.05, 0) is 57.8 Å². The van der Waals surface area contributed by atoms with Crippen LogP contribution in [0, 0.1) is 0 Å². The SMILES string of the molecule is CCc1ccccc1C=C(CNC)B1OC(C)(C)C(C)(C)O1. The Bertz CT molecular complexity index is 536. The molecule has 3 nitrogen and oxygen atoms in total. The Morgan fingerprint density at radius 3 is 2.27 bits per heavy atom. The topological polar surface area (TPSA) is 30.5 Å². The Balaban J connectivity index is 2.33. The van der Waals surface area contributed by atoms with E-state index in [4.69, 9.17) is 9.31 Å². The zero-order chi connectivity index (χ0) is 16.4. The molecule has 0 radical (unpaired) electrons. The number of likely N-dealkylation sites (N-methyl/N-ethyl adjacent to an activating group) is 1. The Labute approximate surface area is 135 Å². The average molecular weight is 301 g/mol. The zero-order valence-corrected chi connectivity index (χ0v) is 14.7. The Kier molecular flexibility index (Phi) is 5.16. The molecule has 2 rings (SSSR count). The van der Waals surface area contributed by atoms with Gasteiger partial charge in [0.1, 0.15) is 0 Å². The number of hydrogen-bond acceptors (Lipinski definition) is 3. The van der Waals surface area contributed by atoms with Gasteiger partial charge < -0.3 is 14.6 Å². The Morgan fingerprint density at radius 1 is 1.14 bits per heavy atom. The van der Waals surface area contributed by atoms with Crippen LogP contribution in [-0.2, 0) is 15.7 Å². The summed E-state index contributed by atoms with van der Waals surface area (Å²) in [5, 5.41) is 3.23. The molecule has 0 atom stereocenters. The summed E-state index contributed by atoms with van der Waals surface area (Å²) in [5.74, 6) is 0. The van der Waals surface area contributed by atoms with Gasteiger partial charge in [-0.1, -0.05) is 37.3 Å². The summed E-state index contributed by atoms with van der Waals surface area (Å²) in [4.78, 5) is 0. The van der Waals surface area contributed by atoms with Crippen molar-refractivity contribution in [3.8, 4) is 0 Å². The molecule has 0 spiro atoms. The second-order valence-corrected chi connectivity index (χ2v) is 6.89. The molecule has 1 aromatic carbocycles. The molecule has 1 heterocycles. The Hall–Kier alpha value is -1.10. The van der Waals surface area contributed by atoms with Crippen molar-refractivity contribution >= 4 is 13.2 Å². The number of nitrogens with one attached hydrogen (secondary N) is 1. The molecule has 0 unspecified atom stereocenters. The van der Waals surface area contributed by atoms with Gasteiger partial charge in [-0.25, -0.2) is 0 Å². The molecule has 0 saturated carbocycles. The summed E-state index contributed by atoms with van der Waals surface area (Å²) in [7, 11) is 1.65. The van der Waals surface area contributed by atoms with Gasteiger partial charge in [-0.2, -0.15) is 0 Å². The third-order valence-corrected chi connectivity index (χ3v) is 4.71. The smallest absolute Gasteiger partial charge is 0.400 e. The van der Waals surface area contributed by atoms with Crippen molar-refractivity contribution in [2.75, 3.05) is 13.6 Å². The number of rotatable bonds is 5. The van der Waals surface area contributed by atoms with Gasteiger partial charge in [0.15, 0.2) is 0 Å². The first-order chi connectivity index (χ1) is 10.3. The number of benzene rings is 1. The molecule has 4 heteroatoms. The van der Waals surface area contributed by atoms with E-state index < -0.39 is 0 Å². The van der Waals surface area contributed by atoms with Crippen LogP contribution in [0.3, 0.4) is 0 Å². The van der Waals surface area contributed by atoms with Crippen molar-refractivity contribution in [3.05, 3.63) is 40.9 Å². The standard InChI is InChI=1S/C18H28BNO2/c1-7-14-10-8-9-11-15(14)12-16(13-20-6)19-21-17(2,3)18(4,5)22-19/h8-12,20H,7,13H2,1-6H3. The molecule has 1 aliphatic rings. The van der Waals surface area contributed by atoms with Crippen LogP contribution in [0.25, 0.3) is 6.08 Å². The van der Waals surface area contributed by atoms with Crippen LogP contribution < -0.4 is 5.32 Å². The second-order valence-electron chi connectivity index (χ2n) is 6.89. The predicted octanol–water partition coefficient (Wildman–Crippen LogP) is 3.48. The summed E-state index contributed by atoms with van der Waals surface area (Å²) in [6.07, 6.45) is 3.22. The van der Waals surface area contributed by atoms with Crippen molar-refractivity contribution in [2.45, 2.75) is 52.2 Å². The van der Waals surface area contributed by atoms with Gasteiger partial charge in [0, 0.05) is 6.54 Å². The molecule has 1 fully saturated rings.